The van der Waals surface area contributed by atoms with Crippen molar-refractivity contribution in [2.24, 2.45) is 0 Å². The van der Waals surface area contributed by atoms with E-state index < -0.39 is 10.0 Å². The Balaban J connectivity index is 1.59. The summed E-state index contributed by atoms with van der Waals surface area (Å²) >= 11 is 6.16. The maximum atomic E-state index is 12.8. The molecule has 1 saturated heterocycles. The highest BCUT2D eigenvalue weighted by Crippen LogP contribution is 2.29. The minimum atomic E-state index is -3.54. The summed E-state index contributed by atoms with van der Waals surface area (Å²) < 4.78 is 37.5. The van der Waals surface area contributed by atoms with Crippen molar-refractivity contribution >= 4 is 44.0 Å². The van der Waals surface area contributed by atoms with Crippen LogP contribution >= 0.6 is 11.6 Å². The molecule has 7 nitrogen and oxygen atoms in total. The topological polar surface area (TPSA) is 80.8 Å². The number of sulfonamides is 1. The molecule has 29 heavy (non-hydrogen) atoms. The number of aromatic nitrogens is 1. The first-order valence-corrected chi connectivity index (χ1v) is 10.9. The number of ether oxygens (including phenoxy) is 2. The van der Waals surface area contributed by atoms with Crippen LogP contribution in [0.5, 0.6) is 5.75 Å². The molecule has 0 atom stereocenters. The molecule has 0 aliphatic carbocycles. The van der Waals surface area contributed by atoms with Crippen molar-refractivity contribution in [3.63, 3.8) is 0 Å². The number of halogens is 1. The predicted octanol–water partition coefficient (Wildman–Crippen LogP) is 3.66. The van der Waals surface area contributed by atoms with E-state index in [0.717, 1.165) is 11.1 Å². The predicted molar refractivity (Wildman–Crippen MR) is 113 cm³/mol. The molecule has 0 spiro atoms. The molecule has 0 saturated carbocycles. The number of hydrogen-bond donors (Lipinski definition) is 1. The van der Waals surface area contributed by atoms with Crippen LogP contribution in [-0.4, -0.2) is 51.1 Å². The molecule has 0 radical (unpaired) electrons. The molecule has 2 heterocycles. The first-order chi connectivity index (χ1) is 14.0. The maximum Gasteiger partial charge on any atom is 0.243 e. The lowest BCUT2D eigenvalue weighted by Gasteiger charge is -2.26. The highest BCUT2D eigenvalue weighted by atomic mass is 35.5. The first-order valence-electron chi connectivity index (χ1n) is 9.07. The Morgan fingerprint density at radius 3 is 2.62 bits per heavy atom. The third kappa shape index (κ3) is 4.16. The van der Waals surface area contributed by atoms with Crippen LogP contribution in [0.3, 0.4) is 0 Å². The van der Waals surface area contributed by atoms with Gasteiger partial charge in [-0.25, -0.2) is 13.4 Å². The van der Waals surface area contributed by atoms with E-state index >= 15 is 0 Å². The zero-order chi connectivity index (χ0) is 20.4. The molecule has 4 rings (SSSR count). The molecule has 1 fully saturated rings. The zero-order valence-corrected chi connectivity index (χ0v) is 17.3. The smallest absolute Gasteiger partial charge is 0.243 e. The lowest BCUT2D eigenvalue weighted by atomic mass is 10.2. The molecule has 2 aromatic carbocycles. The van der Waals surface area contributed by atoms with Crippen LogP contribution in [0.15, 0.2) is 53.4 Å². The number of morpholine rings is 1. The number of fused-ring (bicyclic) bond motifs is 1. The van der Waals surface area contributed by atoms with Crippen molar-refractivity contribution in [2.75, 3.05) is 38.7 Å². The first kappa shape index (κ1) is 19.9. The van der Waals surface area contributed by atoms with Crippen LogP contribution in [0.4, 0.5) is 11.5 Å². The summed E-state index contributed by atoms with van der Waals surface area (Å²) in [5.41, 5.74) is 1.46. The van der Waals surface area contributed by atoms with Gasteiger partial charge in [0.05, 0.1) is 35.8 Å². The molecule has 0 bridgehead atoms. The van der Waals surface area contributed by atoms with Gasteiger partial charge in [-0.1, -0.05) is 11.6 Å². The normalized spacial score (nSPS) is 15.4. The number of hydrogen-bond acceptors (Lipinski definition) is 6. The fourth-order valence-corrected chi connectivity index (χ4v) is 4.86. The van der Waals surface area contributed by atoms with E-state index in [1.165, 1.54) is 4.31 Å². The van der Waals surface area contributed by atoms with Gasteiger partial charge >= 0.3 is 0 Å². The van der Waals surface area contributed by atoms with Crippen molar-refractivity contribution in [2.45, 2.75) is 4.90 Å². The van der Waals surface area contributed by atoms with Crippen molar-refractivity contribution in [1.29, 1.82) is 0 Å². The molecular formula is C20H20ClN3O4S. The van der Waals surface area contributed by atoms with Gasteiger partial charge in [-0.2, -0.15) is 4.31 Å². The fourth-order valence-electron chi connectivity index (χ4n) is 3.16. The van der Waals surface area contributed by atoms with Gasteiger partial charge in [0.25, 0.3) is 0 Å². The molecule has 3 aromatic rings. The van der Waals surface area contributed by atoms with E-state index in [0.29, 0.717) is 48.4 Å². The van der Waals surface area contributed by atoms with Gasteiger partial charge < -0.3 is 14.8 Å². The van der Waals surface area contributed by atoms with Gasteiger partial charge in [0.2, 0.25) is 10.0 Å². The van der Waals surface area contributed by atoms with Gasteiger partial charge in [0, 0.05) is 24.2 Å². The Hall–Kier alpha value is -2.39. The summed E-state index contributed by atoms with van der Waals surface area (Å²) in [5, 5.41) is 4.44. The van der Waals surface area contributed by atoms with Crippen molar-refractivity contribution in [3.8, 4) is 5.75 Å². The molecule has 1 aromatic heterocycles. The van der Waals surface area contributed by atoms with E-state index in [9.17, 15) is 8.42 Å². The average molecular weight is 434 g/mol. The maximum absolute atomic E-state index is 12.8. The lowest BCUT2D eigenvalue weighted by Crippen LogP contribution is -2.40. The largest absolute Gasteiger partial charge is 0.495 e. The number of pyridine rings is 1. The third-order valence-electron chi connectivity index (χ3n) is 4.69. The summed E-state index contributed by atoms with van der Waals surface area (Å²) in [7, 11) is -1.98. The quantitative estimate of drug-likeness (QED) is 0.661. The van der Waals surface area contributed by atoms with Crippen molar-refractivity contribution in [3.05, 3.63) is 53.6 Å². The third-order valence-corrected chi connectivity index (χ3v) is 6.88. The molecular weight excluding hydrogens is 414 g/mol. The number of nitrogens with one attached hydrogen (secondary N) is 1. The molecule has 9 heteroatoms. The number of benzene rings is 2. The second kappa shape index (κ2) is 8.16. The highest BCUT2D eigenvalue weighted by molar-refractivity contribution is 7.89. The zero-order valence-electron chi connectivity index (χ0n) is 15.8. The standard InChI is InChI=1S/C20H20ClN3O4S/c1-27-19-6-3-15(13-17(19)21)22-20-7-2-14-12-16(4-5-18(14)23-20)29(25,26)24-8-10-28-11-9-24/h2-7,12-13H,8-11H2,1H3,(H,22,23). The highest BCUT2D eigenvalue weighted by Gasteiger charge is 2.26. The second-order valence-corrected chi connectivity index (χ2v) is 8.89. The van der Waals surface area contributed by atoms with Crippen LogP contribution in [0.1, 0.15) is 0 Å². The Bertz CT molecular complexity index is 1150. The van der Waals surface area contributed by atoms with Crippen LogP contribution in [0.25, 0.3) is 10.9 Å². The summed E-state index contributed by atoms with van der Waals surface area (Å²) in [4.78, 5) is 4.83. The Labute approximate surface area is 174 Å². The van der Waals surface area contributed by atoms with Crippen molar-refractivity contribution in [1.82, 2.24) is 9.29 Å². The monoisotopic (exact) mass is 433 g/mol. The van der Waals surface area contributed by atoms with Gasteiger partial charge in [-0.05, 0) is 48.5 Å². The molecule has 0 unspecified atom stereocenters. The Morgan fingerprint density at radius 2 is 1.90 bits per heavy atom. The summed E-state index contributed by atoms with van der Waals surface area (Å²) in [6.07, 6.45) is 0. The minimum Gasteiger partial charge on any atom is -0.495 e. The Morgan fingerprint density at radius 1 is 1.10 bits per heavy atom. The molecule has 1 aliphatic rings. The summed E-state index contributed by atoms with van der Waals surface area (Å²) in [6.45, 7) is 1.56. The van der Waals surface area contributed by atoms with E-state index in [1.807, 2.05) is 12.1 Å². The minimum absolute atomic E-state index is 0.261. The van der Waals surface area contributed by atoms with E-state index in [1.54, 1.807) is 43.5 Å². The number of methoxy groups -OCH3 is 1. The molecule has 0 amide bonds. The number of nitrogens with zero attached hydrogens (tertiary/aromatic N) is 2. The number of anilines is 2. The summed E-state index contributed by atoms with van der Waals surface area (Å²) in [6, 6.07) is 14.0. The van der Waals surface area contributed by atoms with Crippen LogP contribution in [-0.2, 0) is 14.8 Å². The number of rotatable bonds is 5. The van der Waals surface area contributed by atoms with Gasteiger partial charge in [0.15, 0.2) is 0 Å². The van der Waals surface area contributed by atoms with Crippen LogP contribution in [0, 0.1) is 0 Å². The van der Waals surface area contributed by atoms with E-state index in [-0.39, 0.29) is 4.90 Å². The fraction of sp³-hybridized carbons (Fsp3) is 0.250. The lowest BCUT2D eigenvalue weighted by molar-refractivity contribution is 0.0730. The summed E-state index contributed by atoms with van der Waals surface area (Å²) in [5.74, 6) is 1.22. The van der Waals surface area contributed by atoms with Crippen LogP contribution < -0.4 is 10.1 Å². The van der Waals surface area contributed by atoms with Gasteiger partial charge in [-0.3, -0.25) is 0 Å². The Kier molecular flexibility index (Phi) is 5.60. The molecule has 1 aliphatic heterocycles. The SMILES string of the molecule is COc1ccc(Nc2ccc3cc(S(=O)(=O)N4CCOCC4)ccc3n2)cc1Cl. The second-order valence-electron chi connectivity index (χ2n) is 6.54. The van der Waals surface area contributed by atoms with E-state index in [4.69, 9.17) is 21.1 Å². The average Bonchev–Trinajstić information content (AvgIpc) is 2.74. The molecule has 152 valence electrons. The van der Waals surface area contributed by atoms with E-state index in [2.05, 4.69) is 10.3 Å². The van der Waals surface area contributed by atoms with Gasteiger partial charge in [-0.15, -0.1) is 0 Å². The van der Waals surface area contributed by atoms with Gasteiger partial charge in [0.1, 0.15) is 11.6 Å². The van der Waals surface area contributed by atoms with Crippen molar-refractivity contribution < 1.29 is 17.9 Å². The molecule has 1 N–H and O–H groups in total. The van der Waals surface area contributed by atoms with Crippen LogP contribution in [0.2, 0.25) is 5.02 Å².